The van der Waals surface area contributed by atoms with Gasteiger partial charge >= 0.3 is 5.97 Å². The van der Waals surface area contributed by atoms with E-state index in [1.54, 1.807) is 0 Å². The van der Waals surface area contributed by atoms with Crippen LogP contribution in [0.3, 0.4) is 0 Å². The third-order valence-electron chi connectivity index (χ3n) is 7.91. The van der Waals surface area contributed by atoms with Gasteiger partial charge in [0.25, 0.3) is 0 Å². The molecule has 4 bridgehead atoms. The van der Waals surface area contributed by atoms with Crippen LogP contribution < -0.4 is 25.8 Å². The molecule has 4 heterocycles. The fourth-order valence-electron chi connectivity index (χ4n) is 5.35. The molecule has 5 N–H and O–H groups in total. The number of carboxylic acids is 1. The van der Waals surface area contributed by atoms with Gasteiger partial charge in [0.15, 0.2) is 9.84 Å². The maximum Gasteiger partial charge on any atom is 0.321 e. The molecule has 1 unspecified atom stereocenters. The van der Waals surface area contributed by atoms with Crippen LogP contribution in [0.4, 0.5) is 20.4 Å². The molecule has 52 heavy (non-hydrogen) atoms. The van der Waals surface area contributed by atoms with Gasteiger partial charge in [-0.25, -0.2) is 22.2 Å². The van der Waals surface area contributed by atoms with E-state index < -0.39 is 62.2 Å². The average molecular weight is 763 g/mol. The number of sulfone groups is 1. The summed E-state index contributed by atoms with van der Waals surface area (Å²) in [6.45, 7) is 0.0426. The van der Waals surface area contributed by atoms with E-state index in [2.05, 4.69) is 20.6 Å². The van der Waals surface area contributed by atoms with Crippen molar-refractivity contribution in [3.63, 3.8) is 0 Å². The minimum atomic E-state index is -3.76. The first-order valence-electron chi connectivity index (χ1n) is 16.2. The first-order chi connectivity index (χ1) is 24.8. The number of nitrogens with two attached hydrogens (primary N) is 1. The number of benzene rings is 1. The van der Waals surface area contributed by atoms with Crippen LogP contribution in [0.25, 0.3) is 11.1 Å². The SMILES string of the molecule is N[C@@H](CSC1CC(=O)N(CCCC(=O)NCCS(=O)(=O)Cc2cc3nc(c2)OCCCOc2cc(F)ccc2-c2cc(ncc2F)N3)C1=O)C(=O)O. The smallest absolute Gasteiger partial charge is 0.321 e. The molecule has 2 aliphatic heterocycles. The number of carbonyl (C=O) groups excluding carboxylic acids is 3. The number of imide groups is 1. The van der Waals surface area contributed by atoms with Crippen molar-refractivity contribution in [1.29, 1.82) is 0 Å². The minimum Gasteiger partial charge on any atom is -0.493 e. The number of likely N-dealkylation sites (tertiary alicyclic amines) is 1. The lowest BCUT2D eigenvalue weighted by molar-refractivity contribution is -0.139. The highest BCUT2D eigenvalue weighted by atomic mass is 32.2. The number of nitrogens with zero attached hydrogens (tertiary/aromatic N) is 3. The summed E-state index contributed by atoms with van der Waals surface area (Å²) >= 11 is 1.00. The van der Waals surface area contributed by atoms with Crippen molar-refractivity contribution in [3.05, 3.63) is 59.8 Å². The predicted molar refractivity (Wildman–Crippen MR) is 186 cm³/mol. The third kappa shape index (κ3) is 10.3. The van der Waals surface area contributed by atoms with Crippen molar-refractivity contribution in [2.45, 2.75) is 42.7 Å². The summed E-state index contributed by atoms with van der Waals surface area (Å²) in [5, 5.41) is 13.7. The van der Waals surface area contributed by atoms with E-state index >= 15 is 0 Å². The molecule has 1 aromatic carbocycles. The maximum atomic E-state index is 14.9. The van der Waals surface area contributed by atoms with Gasteiger partial charge in [0, 0.05) is 61.4 Å². The van der Waals surface area contributed by atoms with Crippen molar-refractivity contribution in [2.24, 2.45) is 5.73 Å². The fraction of sp³-hybridized carbons (Fsp3) is 0.394. The molecule has 1 fully saturated rings. The minimum absolute atomic E-state index is 0.0106. The Kier molecular flexibility index (Phi) is 12.6. The van der Waals surface area contributed by atoms with Crippen LogP contribution in [0.5, 0.6) is 11.6 Å². The number of rotatable bonds is 13. The summed E-state index contributed by atoms with van der Waals surface area (Å²) in [4.78, 5) is 57.7. The molecule has 0 aliphatic carbocycles. The number of halogens is 2. The normalized spacial score (nSPS) is 16.5. The van der Waals surface area contributed by atoms with E-state index in [1.807, 2.05) is 0 Å². The molecule has 0 saturated carbocycles. The number of aromatic nitrogens is 2. The quantitative estimate of drug-likeness (QED) is 0.184. The van der Waals surface area contributed by atoms with Gasteiger partial charge in [-0.3, -0.25) is 24.1 Å². The zero-order valence-electron chi connectivity index (χ0n) is 27.7. The molecular formula is C33H36F2N6O9S2. The van der Waals surface area contributed by atoms with Crippen LogP contribution in [0.1, 0.15) is 31.2 Å². The van der Waals surface area contributed by atoms with Crippen LogP contribution in [-0.2, 0) is 34.8 Å². The van der Waals surface area contributed by atoms with Gasteiger partial charge in [0.1, 0.15) is 35.1 Å². The molecule has 15 nitrogen and oxygen atoms in total. The van der Waals surface area contributed by atoms with E-state index in [0.29, 0.717) is 17.5 Å². The molecule has 2 atom stereocenters. The maximum absolute atomic E-state index is 14.9. The standard InChI is InChI=1S/C33H36F2N6O9S2/c34-20-4-5-21-22-14-27(38-16-23(22)35)39-28-11-19(12-30(40-28)50-9-2-8-49-25(21)13-20)18-52(47,48)10-6-37-29(42)3-1-7-41-31(43)15-26(32(41)44)51-17-24(36)33(45)46/h4-5,11-14,16,24,26H,1-3,6-10,15,17-18,36H2,(H,37,42)(H,45,46)(H,38,39,40)/t24-,26?/m0/s1. The number of fused-ring (bicyclic) bond motifs is 6. The first kappa shape index (κ1) is 38.4. The Morgan fingerprint density at radius 3 is 2.69 bits per heavy atom. The van der Waals surface area contributed by atoms with Gasteiger partial charge in [-0.2, -0.15) is 4.98 Å². The van der Waals surface area contributed by atoms with Gasteiger partial charge in [0.05, 0.1) is 36.2 Å². The zero-order chi connectivity index (χ0) is 37.4. The monoisotopic (exact) mass is 762 g/mol. The van der Waals surface area contributed by atoms with Crippen LogP contribution in [-0.4, -0.2) is 101 Å². The molecule has 19 heteroatoms. The number of nitrogens with one attached hydrogen (secondary N) is 2. The molecular weight excluding hydrogens is 727 g/mol. The Hall–Kier alpha value is -4.88. The Morgan fingerprint density at radius 1 is 1.12 bits per heavy atom. The topological polar surface area (TPSA) is 220 Å². The fourth-order valence-corrected chi connectivity index (χ4v) is 7.69. The van der Waals surface area contributed by atoms with Crippen molar-refractivity contribution in [3.8, 4) is 22.8 Å². The Balaban J connectivity index is 1.15. The number of ether oxygens (including phenoxy) is 2. The number of amides is 3. The van der Waals surface area contributed by atoms with E-state index in [1.165, 1.54) is 36.4 Å². The number of pyridine rings is 2. The summed E-state index contributed by atoms with van der Waals surface area (Å²) in [7, 11) is -3.76. The summed E-state index contributed by atoms with van der Waals surface area (Å²) in [6.07, 6.45) is 1.34. The summed E-state index contributed by atoms with van der Waals surface area (Å²) in [5.74, 6) is -4.01. The van der Waals surface area contributed by atoms with Crippen LogP contribution >= 0.6 is 11.8 Å². The van der Waals surface area contributed by atoms with Gasteiger partial charge in [-0.15, -0.1) is 11.8 Å². The van der Waals surface area contributed by atoms with Crippen LogP contribution in [0.15, 0.2) is 42.6 Å². The van der Waals surface area contributed by atoms with Crippen molar-refractivity contribution < 1.29 is 51.0 Å². The molecule has 2 aromatic heterocycles. The van der Waals surface area contributed by atoms with Crippen LogP contribution in [0, 0.1) is 11.6 Å². The highest BCUT2D eigenvalue weighted by molar-refractivity contribution is 8.00. The van der Waals surface area contributed by atoms with Gasteiger partial charge in [0.2, 0.25) is 23.6 Å². The lowest BCUT2D eigenvalue weighted by Crippen LogP contribution is -2.35. The number of carbonyl (C=O) groups is 4. The predicted octanol–water partition coefficient (Wildman–Crippen LogP) is 2.41. The van der Waals surface area contributed by atoms with Gasteiger partial charge in [-0.1, -0.05) is 0 Å². The molecule has 3 aromatic rings. The Morgan fingerprint density at radius 2 is 1.90 bits per heavy atom. The second-order valence-electron chi connectivity index (χ2n) is 12.0. The van der Waals surface area contributed by atoms with Crippen molar-refractivity contribution >= 4 is 56.9 Å². The summed E-state index contributed by atoms with van der Waals surface area (Å²) in [6, 6.07) is 6.94. The second kappa shape index (κ2) is 17.1. The number of thioether (sulfide) groups is 1. The second-order valence-corrected chi connectivity index (χ2v) is 15.4. The summed E-state index contributed by atoms with van der Waals surface area (Å²) < 4.78 is 66.5. The van der Waals surface area contributed by atoms with Gasteiger partial charge < -0.3 is 30.9 Å². The van der Waals surface area contributed by atoms with Crippen LogP contribution in [0.2, 0.25) is 0 Å². The largest absolute Gasteiger partial charge is 0.493 e. The van der Waals surface area contributed by atoms with Crippen molar-refractivity contribution in [2.75, 3.05) is 43.1 Å². The van der Waals surface area contributed by atoms with E-state index in [4.69, 9.17) is 20.3 Å². The highest BCUT2D eigenvalue weighted by Gasteiger charge is 2.39. The number of aliphatic carboxylic acids is 1. The molecule has 0 spiro atoms. The van der Waals surface area contributed by atoms with E-state index in [9.17, 15) is 36.4 Å². The molecule has 278 valence electrons. The first-order valence-corrected chi connectivity index (χ1v) is 19.1. The lowest BCUT2D eigenvalue weighted by atomic mass is 10.0. The molecule has 1 saturated heterocycles. The average Bonchev–Trinajstić information content (AvgIpc) is 3.35. The van der Waals surface area contributed by atoms with E-state index in [0.717, 1.165) is 22.9 Å². The molecule has 0 radical (unpaired) electrons. The number of hydrogen-bond acceptors (Lipinski definition) is 13. The molecule has 2 aliphatic rings. The highest BCUT2D eigenvalue weighted by Crippen LogP contribution is 2.34. The Labute approximate surface area is 301 Å². The molecule has 5 rings (SSSR count). The number of carboxylic acid groups (broad SMARTS) is 1. The third-order valence-corrected chi connectivity index (χ3v) is 10.8. The molecule has 3 amide bonds. The van der Waals surface area contributed by atoms with E-state index in [-0.39, 0.29) is 85.9 Å². The van der Waals surface area contributed by atoms with Gasteiger partial charge in [-0.05, 0) is 36.2 Å². The summed E-state index contributed by atoms with van der Waals surface area (Å²) in [5.41, 5.74) is 6.20. The lowest BCUT2D eigenvalue weighted by Gasteiger charge is -2.16. The van der Waals surface area contributed by atoms with Crippen molar-refractivity contribution in [1.82, 2.24) is 20.2 Å². The zero-order valence-corrected chi connectivity index (χ0v) is 29.3. The Bertz CT molecular complexity index is 1950. The number of anilines is 2. The number of hydrogen-bond donors (Lipinski definition) is 4.